The molecule has 154 valence electrons. The van der Waals surface area contributed by atoms with Gasteiger partial charge in [-0.3, -0.25) is 4.99 Å². The first-order chi connectivity index (χ1) is 13.5. The Morgan fingerprint density at radius 3 is 2.34 bits per heavy atom. The van der Waals surface area contributed by atoms with Crippen LogP contribution < -0.4 is 10.6 Å². The first-order valence-corrected chi connectivity index (χ1v) is 9.30. The number of aliphatic imine (C=N–C) groups is 1. The van der Waals surface area contributed by atoms with Crippen LogP contribution in [0.25, 0.3) is 0 Å². The van der Waals surface area contributed by atoms with Gasteiger partial charge in [0.25, 0.3) is 0 Å². The second kappa shape index (κ2) is 10.9. The van der Waals surface area contributed by atoms with Crippen LogP contribution in [0.4, 0.5) is 4.39 Å². The number of nitrogens with one attached hydrogen (secondary N) is 2. The zero-order valence-electron chi connectivity index (χ0n) is 16.9. The lowest BCUT2D eigenvalue weighted by Crippen LogP contribution is -2.36. The number of aromatic nitrogens is 2. The highest BCUT2D eigenvalue weighted by Gasteiger charge is 2.03. The number of rotatable bonds is 6. The Hall–Kier alpha value is -2.42. The van der Waals surface area contributed by atoms with E-state index in [4.69, 9.17) is 0 Å². The van der Waals surface area contributed by atoms with Crippen LogP contribution >= 0.6 is 24.0 Å². The Morgan fingerprint density at radius 2 is 1.72 bits per heavy atom. The van der Waals surface area contributed by atoms with Crippen molar-refractivity contribution in [1.29, 1.82) is 0 Å². The van der Waals surface area contributed by atoms with E-state index in [2.05, 4.69) is 49.4 Å². The number of hydrogen-bond donors (Lipinski definition) is 2. The highest BCUT2D eigenvalue weighted by molar-refractivity contribution is 14.0. The van der Waals surface area contributed by atoms with Crippen molar-refractivity contribution in [2.75, 3.05) is 7.05 Å². The summed E-state index contributed by atoms with van der Waals surface area (Å²) in [7, 11) is 1.74. The van der Waals surface area contributed by atoms with E-state index in [0.29, 0.717) is 24.6 Å². The monoisotopic (exact) mass is 507 g/mol. The van der Waals surface area contributed by atoms with Crippen molar-refractivity contribution in [2.45, 2.75) is 33.5 Å². The zero-order chi connectivity index (χ0) is 19.9. The van der Waals surface area contributed by atoms with Gasteiger partial charge in [0.2, 0.25) is 0 Å². The summed E-state index contributed by atoms with van der Waals surface area (Å²) in [6.07, 6.45) is 3.81. The summed E-state index contributed by atoms with van der Waals surface area (Å²) in [5.74, 6) is 1.53. The molecule has 0 amide bonds. The maximum atomic E-state index is 13.4. The molecule has 5 nitrogen and oxygen atoms in total. The molecule has 29 heavy (non-hydrogen) atoms. The Kier molecular flexibility index (Phi) is 8.63. The number of nitrogens with zero attached hydrogens (tertiary/aromatic N) is 3. The van der Waals surface area contributed by atoms with Gasteiger partial charge >= 0.3 is 0 Å². The third kappa shape index (κ3) is 6.56. The molecule has 0 aliphatic carbocycles. The van der Waals surface area contributed by atoms with Crippen LogP contribution in [0.3, 0.4) is 0 Å². The quantitative estimate of drug-likeness (QED) is 0.299. The molecule has 0 aliphatic heterocycles. The lowest BCUT2D eigenvalue weighted by Gasteiger charge is -2.13. The van der Waals surface area contributed by atoms with Crippen LogP contribution in [0, 0.1) is 19.7 Å². The molecule has 0 atom stereocenters. The smallest absolute Gasteiger partial charge is 0.191 e. The van der Waals surface area contributed by atoms with Crippen LogP contribution in [-0.4, -0.2) is 22.6 Å². The third-order valence-corrected chi connectivity index (χ3v) is 4.63. The fraction of sp³-hybridized carbons (Fsp3) is 0.273. The predicted octanol–water partition coefficient (Wildman–Crippen LogP) is 4.17. The van der Waals surface area contributed by atoms with E-state index in [1.54, 1.807) is 20.0 Å². The molecule has 7 heteroatoms. The average Bonchev–Trinajstić information content (AvgIpc) is 3.09. The normalized spacial score (nSPS) is 11.1. The van der Waals surface area contributed by atoms with E-state index < -0.39 is 0 Å². The molecule has 3 aromatic rings. The molecule has 2 aromatic carbocycles. The van der Waals surface area contributed by atoms with Crippen molar-refractivity contribution >= 4 is 29.9 Å². The van der Waals surface area contributed by atoms with Crippen molar-refractivity contribution in [2.24, 2.45) is 4.99 Å². The van der Waals surface area contributed by atoms with Gasteiger partial charge in [-0.1, -0.05) is 36.4 Å². The van der Waals surface area contributed by atoms with E-state index in [-0.39, 0.29) is 29.8 Å². The second-order valence-corrected chi connectivity index (χ2v) is 6.79. The van der Waals surface area contributed by atoms with Crippen molar-refractivity contribution in [3.8, 4) is 0 Å². The van der Waals surface area contributed by atoms with Gasteiger partial charge in [0.05, 0.1) is 0 Å². The van der Waals surface area contributed by atoms with E-state index in [1.165, 1.54) is 17.2 Å². The molecule has 0 saturated carbocycles. The lowest BCUT2D eigenvalue weighted by molar-refractivity contribution is 0.617. The molecule has 0 unspecified atom stereocenters. The first kappa shape index (κ1) is 22.9. The number of hydrogen-bond acceptors (Lipinski definition) is 2. The van der Waals surface area contributed by atoms with Gasteiger partial charge in [0, 0.05) is 39.1 Å². The molecule has 0 aliphatic rings. The van der Waals surface area contributed by atoms with Crippen LogP contribution in [0.1, 0.15) is 28.1 Å². The van der Waals surface area contributed by atoms with E-state index in [0.717, 1.165) is 17.9 Å². The number of halogens is 2. The van der Waals surface area contributed by atoms with Crippen molar-refractivity contribution < 1.29 is 4.39 Å². The van der Waals surface area contributed by atoms with Crippen molar-refractivity contribution in [3.05, 3.63) is 88.8 Å². The topological polar surface area (TPSA) is 54.2 Å². The fourth-order valence-electron chi connectivity index (χ4n) is 3.01. The highest BCUT2D eigenvalue weighted by Crippen LogP contribution is 2.10. The van der Waals surface area contributed by atoms with E-state index in [1.807, 2.05) is 25.4 Å². The van der Waals surface area contributed by atoms with Gasteiger partial charge in [-0.25, -0.2) is 9.37 Å². The molecular formula is C22H27FIN5. The Bertz CT molecular complexity index is 967. The van der Waals surface area contributed by atoms with Crippen molar-refractivity contribution in [3.63, 3.8) is 0 Å². The average molecular weight is 507 g/mol. The highest BCUT2D eigenvalue weighted by atomic mass is 127. The molecule has 0 fully saturated rings. The summed E-state index contributed by atoms with van der Waals surface area (Å²) >= 11 is 0. The number of benzene rings is 2. The van der Waals surface area contributed by atoms with Gasteiger partial charge in [-0.2, -0.15) is 0 Å². The van der Waals surface area contributed by atoms with Crippen LogP contribution in [0.2, 0.25) is 0 Å². The molecule has 1 heterocycles. The largest absolute Gasteiger partial charge is 0.352 e. The van der Waals surface area contributed by atoms with Crippen molar-refractivity contribution in [1.82, 2.24) is 20.2 Å². The summed E-state index contributed by atoms with van der Waals surface area (Å²) in [4.78, 5) is 8.53. The number of guanidine groups is 1. The molecule has 0 bridgehead atoms. The maximum absolute atomic E-state index is 13.4. The van der Waals surface area contributed by atoms with Gasteiger partial charge in [-0.15, -0.1) is 24.0 Å². The summed E-state index contributed by atoms with van der Waals surface area (Å²) in [5, 5.41) is 6.59. The Balaban J connectivity index is 0.00000300. The van der Waals surface area contributed by atoms with Crippen LogP contribution in [-0.2, 0) is 19.6 Å². The molecule has 0 radical (unpaired) electrons. The first-order valence-electron chi connectivity index (χ1n) is 9.30. The predicted molar refractivity (Wildman–Crippen MR) is 126 cm³/mol. The Morgan fingerprint density at radius 1 is 1.03 bits per heavy atom. The molecule has 1 aromatic heterocycles. The van der Waals surface area contributed by atoms with E-state index >= 15 is 0 Å². The minimum absolute atomic E-state index is 0. The fourth-order valence-corrected chi connectivity index (χ4v) is 3.01. The van der Waals surface area contributed by atoms with Crippen LogP contribution in [0.5, 0.6) is 0 Å². The van der Waals surface area contributed by atoms with Gasteiger partial charge in [0.1, 0.15) is 11.6 Å². The molecule has 0 saturated heterocycles. The summed E-state index contributed by atoms with van der Waals surface area (Å²) in [5.41, 5.74) is 4.06. The van der Waals surface area contributed by atoms with Gasteiger partial charge < -0.3 is 15.2 Å². The number of imidazole rings is 1. The number of aryl methyl sites for hydroxylation is 2. The second-order valence-electron chi connectivity index (χ2n) is 6.79. The Labute approximate surface area is 188 Å². The summed E-state index contributed by atoms with van der Waals surface area (Å²) in [6.45, 7) is 5.82. The molecule has 3 rings (SSSR count). The summed E-state index contributed by atoms with van der Waals surface area (Å²) < 4.78 is 15.5. The van der Waals surface area contributed by atoms with Gasteiger partial charge in [-0.05, 0) is 42.2 Å². The van der Waals surface area contributed by atoms with Gasteiger partial charge in [0.15, 0.2) is 5.96 Å². The van der Waals surface area contributed by atoms with Crippen LogP contribution in [0.15, 0.2) is 59.9 Å². The molecule has 2 N–H and O–H groups in total. The maximum Gasteiger partial charge on any atom is 0.191 e. The third-order valence-electron chi connectivity index (χ3n) is 4.63. The lowest BCUT2D eigenvalue weighted by atomic mass is 10.1. The minimum atomic E-state index is -0.183. The van der Waals surface area contributed by atoms with E-state index in [9.17, 15) is 4.39 Å². The molecule has 0 spiro atoms. The molecular weight excluding hydrogens is 480 g/mol. The minimum Gasteiger partial charge on any atom is -0.352 e. The zero-order valence-corrected chi connectivity index (χ0v) is 19.3. The SMILES string of the molecule is CN=C(NCc1cccc(Cn2ccnc2C)c1)NCc1ccc(F)c(C)c1.I. The standard InChI is InChI=1S/C22H26FN5.HI/c1-16-11-19(7-8-21(16)23)14-27-22(24-3)26-13-18-5-4-6-20(12-18)15-28-10-9-25-17(28)2;/h4-12H,13-15H2,1-3H3,(H2,24,26,27);1H. The summed E-state index contributed by atoms with van der Waals surface area (Å²) in [6, 6.07) is 13.6.